The topological polar surface area (TPSA) is 115 Å². The van der Waals surface area contributed by atoms with Gasteiger partial charge in [0.2, 0.25) is 0 Å². The Balaban J connectivity index is 1.63. The molecular formula is C21H23IN2O5. The van der Waals surface area contributed by atoms with Crippen molar-refractivity contribution in [1.82, 2.24) is 9.88 Å². The Bertz CT molecular complexity index is 1030. The number of carboxylic acids is 1. The number of phenols is 1. The number of hydrogen-bond donors (Lipinski definition) is 5. The maximum absolute atomic E-state index is 11.3. The quantitative estimate of drug-likeness (QED) is 0.181. The zero-order valence-corrected chi connectivity index (χ0v) is 18.0. The van der Waals surface area contributed by atoms with E-state index in [0.717, 1.165) is 16.5 Å². The zero-order chi connectivity index (χ0) is 21.1. The SMILES string of the molecule is Cn1c(C(=O)O)cc2cc(CC(I)NCC(O)c3ccc(O)c(CO)c3)ccc21. The van der Waals surface area contributed by atoms with Gasteiger partial charge in [0.25, 0.3) is 0 Å². The second-order valence-corrected chi connectivity index (χ2v) is 8.43. The highest BCUT2D eigenvalue weighted by Crippen LogP contribution is 2.24. The van der Waals surface area contributed by atoms with Crippen molar-refractivity contribution in [2.75, 3.05) is 6.54 Å². The fourth-order valence-electron chi connectivity index (χ4n) is 3.31. The van der Waals surface area contributed by atoms with Gasteiger partial charge in [0.15, 0.2) is 0 Å². The summed E-state index contributed by atoms with van der Waals surface area (Å²) in [5, 5.41) is 42.7. The number of nitrogens with zero attached hydrogens (tertiary/aromatic N) is 1. The molecule has 0 aliphatic heterocycles. The molecule has 2 atom stereocenters. The Kier molecular flexibility index (Phi) is 6.78. The number of benzene rings is 2. The van der Waals surface area contributed by atoms with Crippen molar-refractivity contribution in [3.8, 4) is 5.75 Å². The maximum atomic E-state index is 11.3. The smallest absolute Gasteiger partial charge is 0.352 e. The Labute approximate surface area is 181 Å². The number of hydrogen-bond acceptors (Lipinski definition) is 5. The van der Waals surface area contributed by atoms with Crippen molar-refractivity contribution in [2.24, 2.45) is 7.05 Å². The van der Waals surface area contributed by atoms with Gasteiger partial charge in [-0.25, -0.2) is 4.79 Å². The molecule has 0 aliphatic carbocycles. The van der Waals surface area contributed by atoms with Gasteiger partial charge in [-0.2, -0.15) is 0 Å². The van der Waals surface area contributed by atoms with Gasteiger partial charge in [-0.05, 0) is 47.9 Å². The van der Waals surface area contributed by atoms with E-state index >= 15 is 0 Å². The fraction of sp³-hybridized carbons (Fsp3) is 0.286. The maximum Gasteiger partial charge on any atom is 0.352 e. The number of carboxylic acid groups (broad SMARTS) is 1. The summed E-state index contributed by atoms with van der Waals surface area (Å²) < 4.78 is 1.72. The highest BCUT2D eigenvalue weighted by molar-refractivity contribution is 14.1. The van der Waals surface area contributed by atoms with Crippen LogP contribution in [0.15, 0.2) is 42.5 Å². The van der Waals surface area contributed by atoms with Crippen LogP contribution in [0.4, 0.5) is 0 Å². The van der Waals surface area contributed by atoms with E-state index in [2.05, 4.69) is 27.9 Å². The van der Waals surface area contributed by atoms with E-state index in [-0.39, 0.29) is 22.1 Å². The Morgan fingerprint density at radius 1 is 1.21 bits per heavy atom. The molecule has 2 unspecified atom stereocenters. The molecule has 1 aromatic heterocycles. The van der Waals surface area contributed by atoms with Crippen LogP contribution in [0.25, 0.3) is 10.9 Å². The minimum absolute atomic E-state index is 0.00513. The van der Waals surface area contributed by atoms with E-state index in [4.69, 9.17) is 0 Å². The van der Waals surface area contributed by atoms with E-state index < -0.39 is 12.1 Å². The van der Waals surface area contributed by atoms with Crippen LogP contribution in [0, 0.1) is 0 Å². The second-order valence-electron chi connectivity index (χ2n) is 6.93. The molecule has 0 bridgehead atoms. The second kappa shape index (κ2) is 9.12. The van der Waals surface area contributed by atoms with Gasteiger partial charge < -0.3 is 30.3 Å². The summed E-state index contributed by atoms with van der Waals surface area (Å²) in [6, 6.07) is 12.2. The molecule has 1 heterocycles. The van der Waals surface area contributed by atoms with Crippen LogP contribution in [-0.4, -0.2) is 41.6 Å². The van der Waals surface area contributed by atoms with Crippen molar-refractivity contribution < 1.29 is 25.2 Å². The summed E-state index contributed by atoms with van der Waals surface area (Å²) in [4.78, 5) is 11.3. The number of aromatic hydroxyl groups is 1. The first-order valence-corrected chi connectivity index (χ1v) is 10.3. The van der Waals surface area contributed by atoms with Crippen LogP contribution in [0.3, 0.4) is 0 Å². The number of alkyl halides is 1. The molecular weight excluding hydrogens is 487 g/mol. The molecule has 7 nitrogen and oxygen atoms in total. The van der Waals surface area contributed by atoms with Crippen molar-refractivity contribution in [2.45, 2.75) is 23.2 Å². The van der Waals surface area contributed by atoms with Crippen LogP contribution >= 0.6 is 22.6 Å². The molecule has 0 aliphatic rings. The molecule has 0 saturated carbocycles. The third-order valence-electron chi connectivity index (χ3n) is 4.93. The number of aliphatic hydroxyl groups excluding tert-OH is 2. The Hall–Kier alpha value is -2.14. The van der Waals surface area contributed by atoms with E-state index in [1.54, 1.807) is 29.8 Å². The highest BCUT2D eigenvalue weighted by atomic mass is 127. The minimum atomic E-state index is -0.953. The van der Waals surface area contributed by atoms with Gasteiger partial charge in [0, 0.05) is 30.1 Å². The van der Waals surface area contributed by atoms with Gasteiger partial charge in [-0.15, -0.1) is 0 Å². The van der Waals surface area contributed by atoms with Gasteiger partial charge in [0.05, 0.1) is 16.8 Å². The number of fused-ring (bicyclic) bond motifs is 1. The number of aromatic carboxylic acids is 1. The number of rotatable bonds is 8. The molecule has 0 radical (unpaired) electrons. The lowest BCUT2D eigenvalue weighted by molar-refractivity contribution is 0.0687. The first-order chi connectivity index (χ1) is 13.8. The lowest BCUT2D eigenvalue weighted by Crippen LogP contribution is -2.29. The van der Waals surface area contributed by atoms with Gasteiger partial charge >= 0.3 is 5.97 Å². The molecule has 29 heavy (non-hydrogen) atoms. The summed E-state index contributed by atoms with van der Waals surface area (Å²) in [5.74, 6) is -0.947. The molecule has 0 fully saturated rings. The van der Waals surface area contributed by atoms with Crippen LogP contribution in [-0.2, 0) is 20.1 Å². The van der Waals surface area contributed by atoms with E-state index in [9.17, 15) is 25.2 Å². The van der Waals surface area contributed by atoms with Crippen LogP contribution in [0.1, 0.15) is 33.3 Å². The van der Waals surface area contributed by atoms with Crippen molar-refractivity contribution in [1.29, 1.82) is 0 Å². The average molecular weight is 510 g/mol. The van der Waals surface area contributed by atoms with E-state index in [1.807, 2.05) is 18.2 Å². The number of halogens is 1. The number of nitrogens with one attached hydrogen (secondary N) is 1. The first kappa shape index (κ1) is 21.6. The summed E-state index contributed by atoms with van der Waals surface area (Å²) in [5.41, 5.74) is 3.18. The molecule has 0 spiro atoms. The predicted molar refractivity (Wildman–Crippen MR) is 118 cm³/mol. The fourth-order valence-corrected chi connectivity index (χ4v) is 4.07. The predicted octanol–water partition coefficient (Wildman–Crippen LogP) is 2.70. The summed E-state index contributed by atoms with van der Waals surface area (Å²) in [6.07, 6.45) is -0.0641. The van der Waals surface area contributed by atoms with Crippen molar-refractivity contribution >= 4 is 39.5 Å². The molecule has 5 N–H and O–H groups in total. The molecule has 3 aromatic rings. The largest absolute Gasteiger partial charge is 0.508 e. The summed E-state index contributed by atoms with van der Waals surface area (Å²) in [7, 11) is 1.74. The van der Waals surface area contributed by atoms with Crippen LogP contribution in [0.2, 0.25) is 0 Å². The highest BCUT2D eigenvalue weighted by Gasteiger charge is 2.15. The zero-order valence-electron chi connectivity index (χ0n) is 15.8. The van der Waals surface area contributed by atoms with Gasteiger partial charge in [0.1, 0.15) is 11.4 Å². The van der Waals surface area contributed by atoms with Crippen LogP contribution in [0.5, 0.6) is 5.75 Å². The molecule has 8 heteroatoms. The van der Waals surface area contributed by atoms with E-state index in [0.29, 0.717) is 24.1 Å². The number of carbonyl (C=O) groups is 1. The Morgan fingerprint density at radius 2 is 1.97 bits per heavy atom. The molecule has 0 amide bonds. The normalized spacial score (nSPS) is 13.5. The van der Waals surface area contributed by atoms with E-state index in [1.165, 1.54) is 6.07 Å². The third-order valence-corrected chi connectivity index (χ3v) is 5.81. The molecule has 3 rings (SSSR count). The lowest BCUT2D eigenvalue weighted by atomic mass is 10.1. The average Bonchev–Trinajstić information content (AvgIpc) is 3.02. The molecule has 154 valence electrons. The van der Waals surface area contributed by atoms with Gasteiger partial charge in [-0.1, -0.05) is 34.7 Å². The van der Waals surface area contributed by atoms with Gasteiger partial charge in [-0.3, -0.25) is 0 Å². The third kappa shape index (κ3) is 4.89. The number of aryl methyl sites for hydroxylation is 1. The summed E-state index contributed by atoms with van der Waals surface area (Å²) in [6.45, 7) is 0.0281. The first-order valence-electron chi connectivity index (χ1n) is 9.10. The lowest BCUT2D eigenvalue weighted by Gasteiger charge is -2.17. The van der Waals surface area contributed by atoms with Crippen LogP contribution < -0.4 is 5.32 Å². The number of aromatic nitrogens is 1. The monoisotopic (exact) mass is 510 g/mol. The summed E-state index contributed by atoms with van der Waals surface area (Å²) >= 11 is 2.26. The molecule has 0 saturated heterocycles. The molecule has 2 aromatic carbocycles. The van der Waals surface area contributed by atoms with Crippen molar-refractivity contribution in [3.05, 3.63) is 64.8 Å². The van der Waals surface area contributed by atoms with Crippen molar-refractivity contribution in [3.63, 3.8) is 0 Å². The Morgan fingerprint density at radius 3 is 2.66 bits per heavy atom. The number of aliphatic hydroxyl groups is 2. The standard InChI is InChI=1S/C21H23IN2O5/c1-24-16-4-2-12(6-14(16)9-17(24)21(28)29)7-20(22)23-10-19(27)13-3-5-18(26)15(8-13)11-25/h2-6,8-9,19-20,23,25-27H,7,10-11H2,1H3,(H,28,29). The minimum Gasteiger partial charge on any atom is -0.508 e.